The molecule has 0 saturated carbocycles. The summed E-state index contributed by atoms with van der Waals surface area (Å²) in [7, 11) is 0. The van der Waals surface area contributed by atoms with Gasteiger partial charge in [0, 0.05) is 16.4 Å². The summed E-state index contributed by atoms with van der Waals surface area (Å²) in [4.78, 5) is 26.5. The second kappa shape index (κ2) is 7.96. The fourth-order valence-electron chi connectivity index (χ4n) is 1.94. The Labute approximate surface area is 138 Å². The van der Waals surface area contributed by atoms with E-state index in [9.17, 15) is 9.59 Å². The molecule has 0 radical (unpaired) electrons. The lowest BCUT2D eigenvalue weighted by atomic mass is 10.2. The van der Waals surface area contributed by atoms with Crippen LogP contribution in [-0.4, -0.2) is 23.4 Å². The van der Waals surface area contributed by atoms with Crippen molar-refractivity contribution < 1.29 is 14.3 Å². The molecular formula is C16H16ClNO3S. The molecule has 0 aliphatic heterocycles. The molecule has 1 amide bonds. The van der Waals surface area contributed by atoms with Crippen molar-refractivity contribution in [3.8, 4) is 0 Å². The Hall–Kier alpha value is -1.85. The van der Waals surface area contributed by atoms with E-state index in [0.717, 1.165) is 10.4 Å². The van der Waals surface area contributed by atoms with Crippen LogP contribution in [0.25, 0.3) is 0 Å². The maximum absolute atomic E-state index is 12.3. The lowest BCUT2D eigenvalue weighted by Gasteiger charge is -2.21. The Morgan fingerprint density at radius 2 is 1.95 bits per heavy atom. The highest BCUT2D eigenvalue weighted by Gasteiger charge is 2.24. The van der Waals surface area contributed by atoms with Gasteiger partial charge in [-0.3, -0.25) is 4.79 Å². The van der Waals surface area contributed by atoms with Crippen LogP contribution >= 0.6 is 22.9 Å². The van der Waals surface area contributed by atoms with Crippen molar-refractivity contribution in [3.63, 3.8) is 0 Å². The number of rotatable bonds is 5. The maximum Gasteiger partial charge on any atom is 0.397 e. The first-order valence-electron chi connectivity index (χ1n) is 6.83. The van der Waals surface area contributed by atoms with Gasteiger partial charge in [-0.1, -0.05) is 35.9 Å². The molecular weight excluding hydrogens is 322 g/mol. The van der Waals surface area contributed by atoms with E-state index in [0.29, 0.717) is 11.6 Å². The highest BCUT2D eigenvalue weighted by atomic mass is 35.5. The summed E-state index contributed by atoms with van der Waals surface area (Å²) in [5.41, 5.74) is 0.790. The van der Waals surface area contributed by atoms with Crippen molar-refractivity contribution >= 4 is 34.8 Å². The van der Waals surface area contributed by atoms with Gasteiger partial charge in [-0.2, -0.15) is 0 Å². The zero-order valence-electron chi connectivity index (χ0n) is 12.1. The van der Waals surface area contributed by atoms with Gasteiger partial charge in [-0.25, -0.2) is 4.79 Å². The minimum Gasteiger partial charge on any atom is -0.459 e. The number of carbonyl (C=O) groups is 2. The molecule has 0 atom stereocenters. The van der Waals surface area contributed by atoms with E-state index in [1.54, 1.807) is 13.0 Å². The highest BCUT2D eigenvalue weighted by Crippen LogP contribution is 2.20. The van der Waals surface area contributed by atoms with E-state index < -0.39 is 11.9 Å². The third-order valence-corrected chi connectivity index (χ3v) is 4.21. The molecule has 2 rings (SSSR count). The number of esters is 1. The van der Waals surface area contributed by atoms with Gasteiger partial charge in [0.05, 0.1) is 13.2 Å². The van der Waals surface area contributed by atoms with Crippen LogP contribution in [0.1, 0.15) is 17.4 Å². The molecule has 6 heteroatoms. The van der Waals surface area contributed by atoms with Crippen LogP contribution < -0.4 is 0 Å². The topological polar surface area (TPSA) is 46.6 Å². The van der Waals surface area contributed by atoms with Gasteiger partial charge in [-0.05, 0) is 30.0 Å². The van der Waals surface area contributed by atoms with E-state index in [1.165, 1.54) is 16.2 Å². The molecule has 1 aromatic heterocycles. The average Bonchev–Trinajstić information content (AvgIpc) is 3.01. The summed E-state index contributed by atoms with van der Waals surface area (Å²) in [6.45, 7) is 2.45. The highest BCUT2D eigenvalue weighted by molar-refractivity contribution is 7.09. The quantitative estimate of drug-likeness (QED) is 0.619. The largest absolute Gasteiger partial charge is 0.459 e. The van der Waals surface area contributed by atoms with Crippen LogP contribution in [0, 0.1) is 0 Å². The Balaban J connectivity index is 2.19. The van der Waals surface area contributed by atoms with Gasteiger partial charge in [-0.15, -0.1) is 11.3 Å². The molecule has 1 aromatic carbocycles. The summed E-state index contributed by atoms with van der Waals surface area (Å²) < 4.78 is 4.81. The number of halogens is 1. The molecule has 22 heavy (non-hydrogen) atoms. The number of nitrogens with zero attached hydrogens (tertiary/aromatic N) is 1. The fourth-order valence-corrected chi connectivity index (χ4v) is 2.86. The van der Waals surface area contributed by atoms with Crippen LogP contribution in [-0.2, 0) is 27.4 Å². The van der Waals surface area contributed by atoms with Crippen LogP contribution in [0.3, 0.4) is 0 Å². The van der Waals surface area contributed by atoms with Crippen molar-refractivity contribution in [1.29, 1.82) is 0 Å². The molecule has 2 aromatic rings. The van der Waals surface area contributed by atoms with E-state index in [-0.39, 0.29) is 13.2 Å². The minimum atomic E-state index is -0.842. The standard InChI is InChI=1S/C16H16ClNO3S/c1-2-21-16(20)15(19)18(11-13-7-5-9-22-13)10-12-6-3-4-8-14(12)17/h3-9H,2,10-11H2,1H3. The lowest BCUT2D eigenvalue weighted by Crippen LogP contribution is -2.36. The van der Waals surface area contributed by atoms with Gasteiger partial charge in [0.1, 0.15) is 0 Å². The number of hydrogen-bond acceptors (Lipinski definition) is 4. The summed E-state index contributed by atoms with van der Waals surface area (Å²) in [5, 5.41) is 2.49. The van der Waals surface area contributed by atoms with Crippen molar-refractivity contribution in [2.24, 2.45) is 0 Å². The van der Waals surface area contributed by atoms with Crippen LogP contribution in [0.5, 0.6) is 0 Å². The average molecular weight is 338 g/mol. The molecule has 4 nitrogen and oxygen atoms in total. The lowest BCUT2D eigenvalue weighted by molar-refractivity contribution is -0.160. The number of carbonyl (C=O) groups excluding carboxylic acids is 2. The molecule has 0 fully saturated rings. The zero-order valence-corrected chi connectivity index (χ0v) is 13.7. The normalized spacial score (nSPS) is 10.3. The Kier molecular flexibility index (Phi) is 5.98. The molecule has 0 N–H and O–H groups in total. The van der Waals surface area contributed by atoms with Crippen molar-refractivity contribution in [2.45, 2.75) is 20.0 Å². The van der Waals surface area contributed by atoms with Gasteiger partial charge < -0.3 is 9.64 Å². The van der Waals surface area contributed by atoms with Gasteiger partial charge in [0.25, 0.3) is 0 Å². The molecule has 0 aliphatic carbocycles. The third kappa shape index (κ3) is 4.32. The monoisotopic (exact) mass is 337 g/mol. The first kappa shape index (κ1) is 16.5. The van der Waals surface area contributed by atoms with Gasteiger partial charge in [0.15, 0.2) is 0 Å². The summed E-state index contributed by atoms with van der Waals surface area (Å²) in [6, 6.07) is 11.1. The fraction of sp³-hybridized carbons (Fsp3) is 0.250. The van der Waals surface area contributed by atoms with E-state index in [1.807, 2.05) is 35.7 Å². The van der Waals surface area contributed by atoms with Crippen molar-refractivity contribution in [2.75, 3.05) is 6.61 Å². The maximum atomic E-state index is 12.3. The molecule has 0 spiro atoms. The van der Waals surface area contributed by atoms with Crippen LogP contribution in [0.2, 0.25) is 5.02 Å². The van der Waals surface area contributed by atoms with Gasteiger partial charge >= 0.3 is 11.9 Å². The summed E-state index contributed by atoms with van der Waals surface area (Å²) >= 11 is 7.67. The van der Waals surface area contributed by atoms with Gasteiger partial charge in [0.2, 0.25) is 0 Å². The van der Waals surface area contributed by atoms with E-state index in [2.05, 4.69) is 0 Å². The summed E-state index contributed by atoms with van der Waals surface area (Å²) in [6.07, 6.45) is 0. The molecule has 0 aliphatic rings. The van der Waals surface area contributed by atoms with Crippen LogP contribution in [0.4, 0.5) is 0 Å². The Bertz CT molecular complexity index is 643. The number of benzene rings is 1. The first-order valence-corrected chi connectivity index (χ1v) is 8.09. The smallest absolute Gasteiger partial charge is 0.397 e. The third-order valence-electron chi connectivity index (χ3n) is 2.98. The van der Waals surface area contributed by atoms with Crippen molar-refractivity contribution in [1.82, 2.24) is 4.90 Å². The van der Waals surface area contributed by atoms with Crippen molar-refractivity contribution in [3.05, 3.63) is 57.2 Å². The number of thiophene rings is 1. The SMILES string of the molecule is CCOC(=O)C(=O)N(Cc1cccs1)Cc1ccccc1Cl. The molecule has 1 heterocycles. The van der Waals surface area contributed by atoms with Crippen LogP contribution in [0.15, 0.2) is 41.8 Å². The minimum absolute atomic E-state index is 0.170. The second-order valence-corrected chi connectivity index (χ2v) is 5.99. The first-order chi connectivity index (χ1) is 10.6. The summed E-state index contributed by atoms with van der Waals surface area (Å²) in [5.74, 6) is -1.50. The predicted octanol–water partition coefficient (Wildman–Crippen LogP) is 3.49. The molecule has 116 valence electrons. The predicted molar refractivity (Wildman–Crippen MR) is 86.7 cm³/mol. The van der Waals surface area contributed by atoms with E-state index in [4.69, 9.17) is 16.3 Å². The van der Waals surface area contributed by atoms with E-state index >= 15 is 0 Å². The Morgan fingerprint density at radius 1 is 1.18 bits per heavy atom. The number of hydrogen-bond donors (Lipinski definition) is 0. The Morgan fingerprint density at radius 3 is 2.59 bits per heavy atom. The molecule has 0 saturated heterocycles. The number of ether oxygens (including phenoxy) is 1. The zero-order chi connectivity index (χ0) is 15.9. The molecule has 0 unspecified atom stereocenters. The molecule has 0 bridgehead atoms. The number of amides is 1. The second-order valence-electron chi connectivity index (χ2n) is 4.55.